The molecule has 1 heterocycles. The van der Waals surface area contributed by atoms with E-state index in [0.717, 1.165) is 5.69 Å². The molecule has 22 heavy (non-hydrogen) atoms. The van der Waals surface area contributed by atoms with Crippen molar-refractivity contribution in [3.05, 3.63) is 30.1 Å². The van der Waals surface area contributed by atoms with Crippen molar-refractivity contribution in [3.63, 3.8) is 0 Å². The number of benzene rings is 1. The molecule has 1 aromatic carbocycles. The molecule has 2 unspecified atom stereocenters. The average molecular weight is 313 g/mol. The van der Waals surface area contributed by atoms with E-state index in [4.69, 9.17) is 0 Å². The number of β-amino-alcohol motifs (C(OH)–C–C–N with tert-alkyl or cyclic N) is 1. The summed E-state index contributed by atoms with van der Waals surface area (Å²) >= 11 is 0. The number of anilines is 1. The van der Waals surface area contributed by atoms with Crippen molar-refractivity contribution in [1.29, 1.82) is 0 Å². The minimum absolute atomic E-state index is 0.267. The predicted molar refractivity (Wildman–Crippen MR) is 82.1 cm³/mol. The van der Waals surface area contributed by atoms with Crippen LogP contribution < -0.4 is 4.90 Å². The monoisotopic (exact) mass is 313 g/mol. The van der Waals surface area contributed by atoms with Crippen LogP contribution in [0.25, 0.3) is 0 Å². The summed E-state index contributed by atoms with van der Waals surface area (Å²) in [6.07, 6.45) is -0.816. The van der Waals surface area contributed by atoms with Gasteiger partial charge in [0.05, 0.1) is 12.2 Å². The van der Waals surface area contributed by atoms with Crippen molar-refractivity contribution in [3.8, 4) is 0 Å². The van der Waals surface area contributed by atoms with Gasteiger partial charge in [-0.25, -0.2) is 4.39 Å². The van der Waals surface area contributed by atoms with Crippen molar-refractivity contribution in [2.45, 2.75) is 45.0 Å². The largest absolute Gasteiger partial charge is 0.462 e. The maximum absolute atomic E-state index is 12.7. The average Bonchev–Trinajstić information content (AvgIpc) is 2.42. The second kappa shape index (κ2) is 8.10. The molecule has 0 aromatic heterocycles. The highest BCUT2D eigenvalue weighted by molar-refractivity contribution is 5.46. The minimum Gasteiger partial charge on any atom is -0.462 e. The molecular weight excluding hydrogens is 289 g/mol. The summed E-state index contributed by atoms with van der Waals surface area (Å²) in [6, 6.07) is 6.15. The zero-order valence-electron chi connectivity index (χ0n) is 13.2. The lowest BCUT2D eigenvalue weighted by Crippen LogP contribution is -2.46. The number of hydrogen-bond donors (Lipinski definition) is 2. The zero-order chi connectivity index (χ0) is 16.8. The van der Waals surface area contributed by atoms with Gasteiger partial charge in [0.25, 0.3) is 6.47 Å². The fourth-order valence-electron chi connectivity index (χ4n) is 1.95. The third-order valence-corrected chi connectivity index (χ3v) is 3.14. The van der Waals surface area contributed by atoms with E-state index in [0.29, 0.717) is 26.0 Å². The van der Waals surface area contributed by atoms with Crippen LogP contribution in [-0.4, -0.2) is 47.6 Å². The van der Waals surface area contributed by atoms with Gasteiger partial charge in [0.15, 0.2) is 0 Å². The van der Waals surface area contributed by atoms with Gasteiger partial charge < -0.3 is 19.8 Å². The van der Waals surface area contributed by atoms with Gasteiger partial charge in [0, 0.05) is 18.8 Å². The predicted octanol–water partition coefficient (Wildman–Crippen LogP) is 1.72. The van der Waals surface area contributed by atoms with Crippen molar-refractivity contribution in [2.24, 2.45) is 0 Å². The molecule has 0 saturated carbocycles. The van der Waals surface area contributed by atoms with E-state index in [1.165, 1.54) is 12.1 Å². The van der Waals surface area contributed by atoms with Crippen LogP contribution in [-0.2, 0) is 9.53 Å². The summed E-state index contributed by atoms with van der Waals surface area (Å²) in [5, 5.41) is 18.8. The van der Waals surface area contributed by atoms with Gasteiger partial charge in [-0.05, 0) is 51.5 Å². The molecule has 2 atom stereocenters. The molecule has 1 aliphatic rings. The smallest absolute Gasteiger partial charge is 0.293 e. The fourth-order valence-corrected chi connectivity index (χ4v) is 1.95. The van der Waals surface area contributed by atoms with Crippen molar-refractivity contribution in [2.75, 3.05) is 18.0 Å². The first kappa shape index (κ1) is 18.4. The van der Waals surface area contributed by atoms with E-state index in [1.807, 2.05) is 25.7 Å². The van der Waals surface area contributed by atoms with E-state index < -0.39 is 12.2 Å². The number of rotatable bonds is 2. The maximum Gasteiger partial charge on any atom is 0.293 e. The van der Waals surface area contributed by atoms with Crippen LogP contribution in [0.2, 0.25) is 0 Å². The number of aliphatic hydroxyl groups excluding tert-OH is 2. The standard InChI is InChI=1S/C11H14FNO2.C5H10O2/c12-8-1-3-9(4-2-8)13-6-5-10(14)11(15)7-13;1-5(2,3)7-4-6/h1-4,10-11,14-15H,5-7H2;4H,1-3H3. The van der Waals surface area contributed by atoms with Gasteiger partial charge in [-0.2, -0.15) is 0 Å². The lowest BCUT2D eigenvalue weighted by molar-refractivity contribution is -0.138. The summed E-state index contributed by atoms with van der Waals surface area (Å²) in [5.74, 6) is -0.267. The Balaban J connectivity index is 0.000000295. The van der Waals surface area contributed by atoms with Crippen LogP contribution in [0.5, 0.6) is 0 Å². The first-order valence-corrected chi connectivity index (χ1v) is 7.21. The second-order valence-corrected chi connectivity index (χ2v) is 6.17. The first-order chi connectivity index (χ1) is 10.2. The third-order valence-electron chi connectivity index (χ3n) is 3.14. The number of carbonyl (C=O) groups is 1. The number of carbonyl (C=O) groups excluding carboxylic acids is 1. The molecule has 2 rings (SSSR count). The van der Waals surface area contributed by atoms with E-state index >= 15 is 0 Å². The molecule has 0 spiro atoms. The molecule has 2 N–H and O–H groups in total. The lowest BCUT2D eigenvalue weighted by atomic mass is 10.0. The lowest BCUT2D eigenvalue weighted by Gasteiger charge is -2.34. The van der Waals surface area contributed by atoms with Gasteiger partial charge >= 0.3 is 0 Å². The van der Waals surface area contributed by atoms with Crippen LogP contribution in [0.15, 0.2) is 24.3 Å². The quantitative estimate of drug-likeness (QED) is 0.814. The molecule has 5 nitrogen and oxygen atoms in total. The number of aliphatic hydroxyl groups is 2. The second-order valence-electron chi connectivity index (χ2n) is 6.17. The van der Waals surface area contributed by atoms with Crippen LogP contribution >= 0.6 is 0 Å². The van der Waals surface area contributed by atoms with Gasteiger partial charge in [-0.15, -0.1) is 0 Å². The molecule has 0 amide bonds. The van der Waals surface area contributed by atoms with E-state index in [-0.39, 0.29) is 11.4 Å². The molecular formula is C16H24FNO4. The van der Waals surface area contributed by atoms with Crippen LogP contribution in [0.4, 0.5) is 10.1 Å². The van der Waals surface area contributed by atoms with Gasteiger partial charge in [0.1, 0.15) is 11.4 Å². The fraction of sp³-hybridized carbons (Fsp3) is 0.562. The molecule has 124 valence electrons. The van der Waals surface area contributed by atoms with Crippen molar-refractivity contribution in [1.82, 2.24) is 0 Å². The number of nitrogens with zero attached hydrogens (tertiary/aromatic N) is 1. The Bertz CT molecular complexity index is 458. The zero-order valence-corrected chi connectivity index (χ0v) is 13.2. The highest BCUT2D eigenvalue weighted by Gasteiger charge is 2.25. The van der Waals surface area contributed by atoms with Gasteiger partial charge in [0.2, 0.25) is 0 Å². The summed E-state index contributed by atoms with van der Waals surface area (Å²) in [4.78, 5) is 11.5. The van der Waals surface area contributed by atoms with E-state index in [1.54, 1.807) is 12.1 Å². The van der Waals surface area contributed by atoms with Crippen molar-refractivity contribution < 1.29 is 24.1 Å². The summed E-state index contributed by atoms with van der Waals surface area (Å²) in [6.45, 7) is 7.00. The normalized spacial score (nSPS) is 21.6. The van der Waals surface area contributed by atoms with Gasteiger partial charge in [-0.3, -0.25) is 4.79 Å². The Hall–Kier alpha value is -1.66. The Kier molecular flexibility index (Phi) is 6.77. The van der Waals surface area contributed by atoms with E-state index in [2.05, 4.69) is 4.74 Å². The maximum atomic E-state index is 12.7. The molecule has 1 aliphatic heterocycles. The number of ether oxygens (including phenoxy) is 1. The Morgan fingerprint density at radius 1 is 1.23 bits per heavy atom. The number of piperidine rings is 1. The minimum atomic E-state index is -0.719. The van der Waals surface area contributed by atoms with Crippen molar-refractivity contribution >= 4 is 12.2 Å². The summed E-state index contributed by atoms with van der Waals surface area (Å²) in [5.41, 5.74) is 0.559. The molecule has 6 heteroatoms. The summed E-state index contributed by atoms with van der Waals surface area (Å²) < 4.78 is 17.2. The molecule has 0 aliphatic carbocycles. The number of hydrogen-bond acceptors (Lipinski definition) is 5. The first-order valence-electron chi connectivity index (χ1n) is 7.21. The number of halogens is 1. The van der Waals surface area contributed by atoms with Crippen LogP contribution in [0, 0.1) is 5.82 Å². The molecule has 0 radical (unpaired) electrons. The third kappa shape index (κ3) is 6.41. The molecule has 1 saturated heterocycles. The molecule has 1 fully saturated rings. The summed E-state index contributed by atoms with van der Waals surface area (Å²) in [7, 11) is 0. The van der Waals surface area contributed by atoms with Crippen LogP contribution in [0.1, 0.15) is 27.2 Å². The molecule has 1 aromatic rings. The van der Waals surface area contributed by atoms with E-state index in [9.17, 15) is 19.4 Å². The molecule has 0 bridgehead atoms. The topological polar surface area (TPSA) is 70.0 Å². The Morgan fingerprint density at radius 3 is 2.23 bits per heavy atom. The van der Waals surface area contributed by atoms with Gasteiger partial charge in [-0.1, -0.05) is 0 Å². The highest BCUT2D eigenvalue weighted by atomic mass is 19.1. The Labute approximate surface area is 130 Å². The van der Waals surface area contributed by atoms with Crippen LogP contribution in [0.3, 0.4) is 0 Å². The SMILES string of the molecule is CC(C)(C)OC=O.OC1CCN(c2ccc(F)cc2)CC1O. The Morgan fingerprint density at radius 2 is 1.82 bits per heavy atom. The highest BCUT2D eigenvalue weighted by Crippen LogP contribution is 2.20.